The topological polar surface area (TPSA) is 220 Å². The number of benzene rings is 1. The number of carboxylic acid groups (broad SMARTS) is 1. The lowest BCUT2D eigenvalue weighted by atomic mass is 10.00. The van der Waals surface area contributed by atoms with E-state index in [-0.39, 0.29) is 19.3 Å². The molecule has 12 heteroatoms. The molecule has 0 bridgehead atoms. The lowest BCUT2D eigenvalue weighted by Gasteiger charge is -2.27. The Morgan fingerprint density at radius 2 is 1.49 bits per heavy atom. The smallest absolute Gasteiger partial charge is 0.326 e. The highest BCUT2D eigenvalue weighted by Crippen LogP contribution is 2.09. The molecule has 0 radical (unpaired) electrons. The van der Waals surface area contributed by atoms with Crippen molar-refractivity contribution in [3.8, 4) is 0 Å². The minimum Gasteiger partial charge on any atom is -0.480 e. The van der Waals surface area contributed by atoms with E-state index in [2.05, 4.69) is 16.0 Å². The predicted octanol–water partition coefficient (Wildman–Crippen LogP) is -0.854. The van der Waals surface area contributed by atoms with E-state index in [4.69, 9.17) is 17.2 Å². The van der Waals surface area contributed by atoms with Crippen LogP contribution in [0.3, 0.4) is 0 Å². The number of nitrogens with one attached hydrogen (secondary N) is 3. The van der Waals surface area contributed by atoms with E-state index in [1.807, 2.05) is 6.07 Å². The molecule has 0 aliphatic heterocycles. The molecule has 0 saturated heterocycles. The summed E-state index contributed by atoms with van der Waals surface area (Å²) < 4.78 is 0. The Kier molecular flexibility index (Phi) is 13.9. The van der Waals surface area contributed by atoms with E-state index in [1.165, 1.54) is 0 Å². The molecule has 10 N–H and O–H groups in total. The first-order chi connectivity index (χ1) is 17.5. The van der Waals surface area contributed by atoms with E-state index in [0.29, 0.717) is 19.4 Å². The highest BCUT2D eigenvalue weighted by atomic mass is 16.4. The van der Waals surface area contributed by atoms with Crippen LogP contribution in [0, 0.1) is 5.92 Å². The van der Waals surface area contributed by atoms with E-state index < -0.39 is 59.7 Å². The van der Waals surface area contributed by atoms with Crippen molar-refractivity contribution in [3.05, 3.63) is 35.9 Å². The number of unbranched alkanes of at least 4 members (excludes halogenated alkanes) is 1. The van der Waals surface area contributed by atoms with E-state index in [9.17, 15) is 29.1 Å². The lowest BCUT2D eigenvalue weighted by Crippen LogP contribution is -2.59. The molecule has 1 aromatic carbocycles. The standard InChI is InChI=1S/C25H40N6O6/c1-15(2)21(24(35)29-18(25(36)37)11-12-20(28)32)31-23(34)19(14-16-8-4-3-5-9-16)30-22(33)17(27)10-6-7-13-26/h3-5,8-9,15,17-19,21H,6-7,10-14,26-27H2,1-2H3,(H2,28,32)(H,29,35)(H,30,33)(H,31,34)(H,36,37). The summed E-state index contributed by atoms with van der Waals surface area (Å²) in [5, 5.41) is 17.1. The minimum absolute atomic E-state index is 0.150. The number of carbonyl (C=O) groups excluding carboxylic acids is 4. The van der Waals surface area contributed by atoms with Gasteiger partial charge < -0.3 is 38.3 Å². The Hall–Kier alpha value is -3.51. The van der Waals surface area contributed by atoms with Gasteiger partial charge >= 0.3 is 5.97 Å². The SMILES string of the molecule is CC(C)C(NC(=O)C(Cc1ccccc1)NC(=O)C(N)CCCCN)C(=O)NC(CCC(N)=O)C(=O)O. The Morgan fingerprint density at radius 1 is 0.865 bits per heavy atom. The first-order valence-electron chi connectivity index (χ1n) is 12.4. The summed E-state index contributed by atoms with van der Waals surface area (Å²) in [6.07, 6.45) is 1.52. The maximum atomic E-state index is 13.3. The number of aliphatic carboxylic acids is 1. The van der Waals surface area contributed by atoms with Crippen molar-refractivity contribution in [1.29, 1.82) is 0 Å². The summed E-state index contributed by atoms with van der Waals surface area (Å²) in [5.41, 5.74) is 17.3. The number of nitrogens with two attached hydrogens (primary N) is 3. The fourth-order valence-electron chi connectivity index (χ4n) is 3.57. The number of amides is 4. The average Bonchev–Trinajstić information content (AvgIpc) is 2.84. The monoisotopic (exact) mass is 520 g/mol. The maximum Gasteiger partial charge on any atom is 0.326 e. The number of hydrogen-bond donors (Lipinski definition) is 7. The van der Waals surface area contributed by atoms with E-state index in [0.717, 1.165) is 12.0 Å². The number of rotatable bonds is 17. The van der Waals surface area contributed by atoms with Crippen LogP contribution in [0.25, 0.3) is 0 Å². The third kappa shape index (κ3) is 11.8. The fourth-order valence-corrected chi connectivity index (χ4v) is 3.57. The van der Waals surface area contributed by atoms with Gasteiger partial charge in [-0.05, 0) is 37.3 Å². The summed E-state index contributed by atoms with van der Waals surface area (Å²) in [5.74, 6) is -4.30. The van der Waals surface area contributed by atoms with Crippen molar-refractivity contribution < 1.29 is 29.1 Å². The van der Waals surface area contributed by atoms with Crippen molar-refractivity contribution in [2.24, 2.45) is 23.1 Å². The van der Waals surface area contributed by atoms with Gasteiger partial charge in [0.2, 0.25) is 23.6 Å². The molecular weight excluding hydrogens is 480 g/mol. The van der Waals surface area contributed by atoms with Crippen molar-refractivity contribution in [2.75, 3.05) is 6.54 Å². The van der Waals surface area contributed by atoms with Gasteiger partial charge in [0.25, 0.3) is 0 Å². The quantitative estimate of drug-likeness (QED) is 0.128. The highest BCUT2D eigenvalue weighted by molar-refractivity contribution is 5.94. The minimum atomic E-state index is -1.36. The van der Waals surface area contributed by atoms with Gasteiger partial charge in [-0.15, -0.1) is 0 Å². The van der Waals surface area contributed by atoms with Crippen LogP contribution in [0.5, 0.6) is 0 Å². The zero-order valence-electron chi connectivity index (χ0n) is 21.4. The molecule has 0 aromatic heterocycles. The Morgan fingerprint density at radius 3 is 2.03 bits per heavy atom. The molecule has 4 amide bonds. The molecule has 0 saturated carbocycles. The molecule has 206 valence electrons. The molecule has 1 aromatic rings. The Balaban J connectivity index is 3.02. The van der Waals surface area contributed by atoms with Crippen LogP contribution in [0.15, 0.2) is 30.3 Å². The zero-order chi connectivity index (χ0) is 28.0. The van der Waals surface area contributed by atoms with Gasteiger partial charge in [-0.25, -0.2) is 4.79 Å². The summed E-state index contributed by atoms with van der Waals surface area (Å²) in [6.45, 7) is 3.85. The molecule has 0 heterocycles. The average molecular weight is 521 g/mol. The summed E-state index contributed by atoms with van der Waals surface area (Å²) >= 11 is 0. The van der Waals surface area contributed by atoms with E-state index in [1.54, 1.807) is 38.1 Å². The molecule has 37 heavy (non-hydrogen) atoms. The van der Waals surface area contributed by atoms with Crippen LogP contribution in [0.1, 0.15) is 51.5 Å². The second-order valence-corrected chi connectivity index (χ2v) is 9.28. The predicted molar refractivity (Wildman–Crippen MR) is 138 cm³/mol. The number of hydrogen-bond acceptors (Lipinski definition) is 7. The van der Waals surface area contributed by atoms with Crippen molar-refractivity contribution in [2.45, 2.75) is 76.5 Å². The maximum absolute atomic E-state index is 13.3. The third-order valence-electron chi connectivity index (χ3n) is 5.76. The molecular formula is C25H40N6O6. The molecule has 12 nitrogen and oxygen atoms in total. The molecule has 4 unspecified atom stereocenters. The number of primary amides is 1. The zero-order valence-corrected chi connectivity index (χ0v) is 21.4. The highest BCUT2D eigenvalue weighted by Gasteiger charge is 2.32. The van der Waals surface area contributed by atoms with Gasteiger partial charge in [-0.3, -0.25) is 19.2 Å². The molecule has 4 atom stereocenters. The van der Waals surface area contributed by atoms with Crippen molar-refractivity contribution in [3.63, 3.8) is 0 Å². The number of carboxylic acids is 1. The van der Waals surface area contributed by atoms with Crippen LogP contribution in [-0.2, 0) is 30.4 Å². The van der Waals surface area contributed by atoms with Crippen molar-refractivity contribution >= 4 is 29.6 Å². The van der Waals surface area contributed by atoms with Crippen LogP contribution >= 0.6 is 0 Å². The first-order valence-corrected chi connectivity index (χ1v) is 12.4. The van der Waals surface area contributed by atoms with Crippen LogP contribution < -0.4 is 33.2 Å². The summed E-state index contributed by atoms with van der Waals surface area (Å²) in [4.78, 5) is 61.5. The molecule has 1 rings (SSSR count). The van der Waals surface area contributed by atoms with Gasteiger partial charge in [0.1, 0.15) is 18.1 Å². The van der Waals surface area contributed by atoms with Gasteiger partial charge in [-0.1, -0.05) is 50.6 Å². The summed E-state index contributed by atoms with van der Waals surface area (Å²) in [6, 6.07) is 4.70. The van der Waals surface area contributed by atoms with Crippen LogP contribution in [0.2, 0.25) is 0 Å². The normalized spacial score (nSPS) is 14.2. The third-order valence-corrected chi connectivity index (χ3v) is 5.76. The molecule has 0 aliphatic rings. The van der Waals surface area contributed by atoms with Crippen LogP contribution in [0.4, 0.5) is 0 Å². The number of carbonyl (C=O) groups is 5. The Bertz CT molecular complexity index is 910. The molecule has 0 aliphatic carbocycles. The Labute approximate surface area is 217 Å². The lowest BCUT2D eigenvalue weighted by molar-refractivity contribution is -0.143. The molecule has 0 fully saturated rings. The second-order valence-electron chi connectivity index (χ2n) is 9.28. The van der Waals surface area contributed by atoms with E-state index >= 15 is 0 Å². The van der Waals surface area contributed by atoms with Crippen LogP contribution in [-0.4, -0.2) is 65.4 Å². The first kappa shape index (κ1) is 31.5. The molecule has 0 spiro atoms. The largest absolute Gasteiger partial charge is 0.480 e. The second kappa shape index (κ2) is 16.3. The fraction of sp³-hybridized carbons (Fsp3) is 0.560. The van der Waals surface area contributed by atoms with Gasteiger partial charge in [0, 0.05) is 12.8 Å². The van der Waals surface area contributed by atoms with Crippen molar-refractivity contribution in [1.82, 2.24) is 16.0 Å². The van der Waals surface area contributed by atoms with Gasteiger partial charge in [-0.2, -0.15) is 0 Å². The van der Waals surface area contributed by atoms with Gasteiger partial charge in [0.05, 0.1) is 6.04 Å². The van der Waals surface area contributed by atoms with Gasteiger partial charge in [0.15, 0.2) is 0 Å². The summed E-state index contributed by atoms with van der Waals surface area (Å²) in [7, 11) is 0.